The van der Waals surface area contributed by atoms with Crippen LogP contribution in [0.25, 0.3) is 0 Å². The van der Waals surface area contributed by atoms with Crippen LogP contribution in [0.5, 0.6) is 11.5 Å². The van der Waals surface area contributed by atoms with Crippen LogP contribution in [0.3, 0.4) is 0 Å². The van der Waals surface area contributed by atoms with Crippen molar-refractivity contribution in [1.29, 1.82) is 0 Å². The number of ether oxygens (including phenoxy) is 1. The van der Waals surface area contributed by atoms with E-state index in [1.54, 1.807) is 31.2 Å². The number of aliphatic hydroxyl groups is 1. The molecule has 0 spiro atoms. The summed E-state index contributed by atoms with van der Waals surface area (Å²) in [6.45, 7) is 5.40. The summed E-state index contributed by atoms with van der Waals surface area (Å²) in [4.78, 5) is 13.3. The molecule has 204 valence electrons. The number of carbonyl (C=O) groups excluding carboxylic acids is 1. The first kappa shape index (κ1) is 29.2. The molecule has 9 heteroatoms. The lowest BCUT2D eigenvalue weighted by Gasteiger charge is -2.31. The van der Waals surface area contributed by atoms with E-state index in [4.69, 9.17) is 4.74 Å². The minimum atomic E-state index is -3.94. The quantitative estimate of drug-likeness (QED) is 0.322. The number of hydrogen-bond acceptors (Lipinski definition) is 6. The van der Waals surface area contributed by atoms with E-state index in [1.165, 1.54) is 29.6 Å². The van der Waals surface area contributed by atoms with Gasteiger partial charge in [0.15, 0.2) is 0 Å². The van der Waals surface area contributed by atoms with E-state index in [-0.39, 0.29) is 41.6 Å². The number of nitrogens with one attached hydrogen (secondary N) is 1. The smallest absolute Gasteiger partial charge is 0.252 e. The lowest BCUT2D eigenvalue weighted by Crippen LogP contribution is -2.51. The Morgan fingerprint density at radius 2 is 1.63 bits per heavy atom. The van der Waals surface area contributed by atoms with Gasteiger partial charge in [-0.3, -0.25) is 4.79 Å². The summed E-state index contributed by atoms with van der Waals surface area (Å²) in [6.07, 6.45) is -0.937. The summed E-state index contributed by atoms with van der Waals surface area (Å²) in [5.74, 6) is 0.0536. The fourth-order valence-corrected chi connectivity index (χ4v) is 5.80. The van der Waals surface area contributed by atoms with Crippen molar-refractivity contribution in [3.63, 3.8) is 0 Å². The highest BCUT2D eigenvalue weighted by Gasteiger charge is 2.31. The van der Waals surface area contributed by atoms with Gasteiger partial charge in [-0.05, 0) is 61.2 Å². The van der Waals surface area contributed by atoms with Crippen LogP contribution in [0.4, 0.5) is 0 Å². The molecule has 1 unspecified atom stereocenters. The van der Waals surface area contributed by atoms with Crippen LogP contribution in [0.1, 0.15) is 35.3 Å². The van der Waals surface area contributed by atoms with Gasteiger partial charge in [0, 0.05) is 24.2 Å². The average molecular weight is 541 g/mol. The predicted molar refractivity (Wildman–Crippen MR) is 147 cm³/mol. The van der Waals surface area contributed by atoms with E-state index in [1.807, 2.05) is 44.2 Å². The standard InChI is InChI=1S/C29H36N2O6S/c1-20(2)18-31(38(35,36)24-15-13-23(37-4)14-16-24)19-28(33)26(17-22-9-6-5-7-10-22)30-29(34)25-11-8-12-27(32)21(25)3/h5-16,20,26,28,32-33H,17-19H2,1-4H3,(H,30,34)/t26-,28?/m0/s1. The van der Waals surface area contributed by atoms with Gasteiger partial charge in [0.05, 0.1) is 24.2 Å². The molecule has 38 heavy (non-hydrogen) atoms. The van der Waals surface area contributed by atoms with Crippen LogP contribution in [0.15, 0.2) is 77.7 Å². The number of phenols is 1. The molecule has 2 atom stereocenters. The molecule has 0 saturated carbocycles. The number of methoxy groups -OCH3 is 1. The van der Waals surface area contributed by atoms with Crippen molar-refractivity contribution in [3.05, 3.63) is 89.5 Å². The number of hydrogen-bond donors (Lipinski definition) is 3. The second kappa shape index (κ2) is 12.9. The zero-order chi connectivity index (χ0) is 27.9. The molecule has 0 saturated heterocycles. The lowest BCUT2D eigenvalue weighted by atomic mass is 9.99. The Labute approximate surface area is 224 Å². The third-order valence-electron chi connectivity index (χ3n) is 6.29. The molecule has 0 heterocycles. The van der Waals surface area contributed by atoms with Crippen LogP contribution in [-0.2, 0) is 16.4 Å². The molecule has 3 N–H and O–H groups in total. The first-order valence-corrected chi connectivity index (χ1v) is 13.9. The number of phenolic OH excluding ortho intramolecular Hbond substituents is 1. The molecule has 0 aliphatic rings. The summed E-state index contributed by atoms with van der Waals surface area (Å²) in [7, 11) is -2.44. The van der Waals surface area contributed by atoms with Gasteiger partial charge in [-0.2, -0.15) is 4.31 Å². The third kappa shape index (κ3) is 7.34. The molecule has 3 aromatic rings. The maximum absolute atomic E-state index is 13.6. The summed E-state index contributed by atoms with van der Waals surface area (Å²) in [5, 5.41) is 24.3. The van der Waals surface area contributed by atoms with Crippen molar-refractivity contribution < 1.29 is 28.2 Å². The predicted octanol–water partition coefficient (Wildman–Crippen LogP) is 3.76. The monoisotopic (exact) mass is 540 g/mol. The number of carbonyl (C=O) groups is 1. The SMILES string of the molecule is COc1ccc(S(=O)(=O)N(CC(C)C)CC(O)[C@H](Cc2ccccc2)NC(=O)c2cccc(O)c2C)cc1. The normalized spacial score (nSPS) is 13.3. The van der Waals surface area contributed by atoms with E-state index in [0.29, 0.717) is 11.3 Å². The van der Waals surface area contributed by atoms with Gasteiger partial charge in [0.1, 0.15) is 11.5 Å². The first-order valence-electron chi connectivity index (χ1n) is 12.5. The number of nitrogens with zero attached hydrogens (tertiary/aromatic N) is 1. The molecule has 0 radical (unpaired) electrons. The third-order valence-corrected chi connectivity index (χ3v) is 8.13. The lowest BCUT2D eigenvalue weighted by molar-refractivity contribution is 0.0775. The van der Waals surface area contributed by atoms with Crippen molar-refractivity contribution in [2.24, 2.45) is 5.92 Å². The first-order chi connectivity index (χ1) is 18.0. The van der Waals surface area contributed by atoms with Crippen LogP contribution >= 0.6 is 0 Å². The number of sulfonamides is 1. The number of benzene rings is 3. The van der Waals surface area contributed by atoms with Crippen LogP contribution in [0, 0.1) is 12.8 Å². The molecular weight excluding hydrogens is 504 g/mol. The topological polar surface area (TPSA) is 116 Å². The van der Waals surface area contributed by atoms with E-state index < -0.39 is 28.1 Å². The van der Waals surface area contributed by atoms with Crippen LogP contribution in [-0.4, -0.2) is 61.2 Å². The zero-order valence-corrected chi connectivity index (χ0v) is 23.0. The minimum absolute atomic E-state index is 0.00710. The maximum Gasteiger partial charge on any atom is 0.252 e. The molecule has 3 rings (SSSR count). The molecule has 3 aromatic carbocycles. The minimum Gasteiger partial charge on any atom is -0.508 e. The highest BCUT2D eigenvalue weighted by molar-refractivity contribution is 7.89. The van der Waals surface area contributed by atoms with Crippen molar-refractivity contribution in [3.8, 4) is 11.5 Å². The van der Waals surface area contributed by atoms with Gasteiger partial charge in [0.25, 0.3) is 5.91 Å². The van der Waals surface area contributed by atoms with Gasteiger partial charge < -0.3 is 20.3 Å². The summed E-state index contributed by atoms with van der Waals surface area (Å²) >= 11 is 0. The van der Waals surface area contributed by atoms with Crippen molar-refractivity contribution >= 4 is 15.9 Å². The Kier molecular flexibility index (Phi) is 9.90. The largest absolute Gasteiger partial charge is 0.508 e. The molecule has 0 bridgehead atoms. The number of rotatable bonds is 12. The van der Waals surface area contributed by atoms with E-state index in [9.17, 15) is 23.4 Å². The Morgan fingerprint density at radius 1 is 0.974 bits per heavy atom. The summed E-state index contributed by atoms with van der Waals surface area (Å²) in [5.41, 5.74) is 1.57. The van der Waals surface area contributed by atoms with Gasteiger partial charge in [-0.1, -0.05) is 50.2 Å². The van der Waals surface area contributed by atoms with Gasteiger partial charge in [0.2, 0.25) is 10.0 Å². The molecule has 0 aliphatic carbocycles. The Morgan fingerprint density at radius 3 is 2.24 bits per heavy atom. The Bertz CT molecular complexity index is 1310. The highest BCUT2D eigenvalue weighted by Crippen LogP contribution is 2.23. The summed E-state index contributed by atoms with van der Waals surface area (Å²) < 4.78 is 33.5. The van der Waals surface area contributed by atoms with Crippen molar-refractivity contribution in [1.82, 2.24) is 9.62 Å². The Hall–Kier alpha value is -3.40. The van der Waals surface area contributed by atoms with Crippen LogP contribution in [0.2, 0.25) is 0 Å². The Balaban J connectivity index is 1.91. The summed E-state index contributed by atoms with van der Waals surface area (Å²) in [6, 6.07) is 19.3. The second-order valence-corrected chi connectivity index (χ2v) is 11.6. The van der Waals surface area contributed by atoms with E-state index in [2.05, 4.69) is 5.32 Å². The van der Waals surface area contributed by atoms with Gasteiger partial charge in [-0.25, -0.2) is 8.42 Å². The number of aromatic hydroxyl groups is 1. The molecular formula is C29H36N2O6S. The zero-order valence-electron chi connectivity index (χ0n) is 22.2. The second-order valence-electron chi connectivity index (χ2n) is 9.68. The maximum atomic E-state index is 13.6. The molecule has 0 fully saturated rings. The van der Waals surface area contributed by atoms with E-state index >= 15 is 0 Å². The van der Waals surface area contributed by atoms with Gasteiger partial charge >= 0.3 is 0 Å². The fraction of sp³-hybridized carbons (Fsp3) is 0.345. The van der Waals surface area contributed by atoms with Gasteiger partial charge in [-0.15, -0.1) is 0 Å². The average Bonchev–Trinajstić information content (AvgIpc) is 2.89. The fourth-order valence-electron chi connectivity index (χ4n) is 4.18. The van der Waals surface area contributed by atoms with Crippen LogP contribution < -0.4 is 10.1 Å². The molecule has 0 aliphatic heterocycles. The number of aliphatic hydroxyl groups excluding tert-OH is 1. The molecule has 1 amide bonds. The molecule has 8 nitrogen and oxygen atoms in total. The van der Waals surface area contributed by atoms with Crippen molar-refractivity contribution in [2.75, 3.05) is 20.2 Å². The highest BCUT2D eigenvalue weighted by atomic mass is 32.2. The van der Waals surface area contributed by atoms with Crippen molar-refractivity contribution in [2.45, 2.75) is 44.2 Å². The van der Waals surface area contributed by atoms with E-state index in [0.717, 1.165) is 5.56 Å². The number of amides is 1. The molecule has 0 aromatic heterocycles.